The molecule has 0 aromatic heterocycles. The van der Waals surface area contributed by atoms with E-state index in [1.54, 1.807) is 0 Å². The molecule has 3 heteroatoms. The van der Waals surface area contributed by atoms with Gasteiger partial charge in [0.25, 0.3) is 0 Å². The van der Waals surface area contributed by atoms with Crippen LogP contribution in [0.15, 0.2) is 23.8 Å². The Morgan fingerprint density at radius 2 is 2.13 bits per heavy atom. The van der Waals surface area contributed by atoms with Crippen LogP contribution in [0.3, 0.4) is 0 Å². The lowest BCUT2D eigenvalue weighted by atomic mass is 9.45. The summed E-state index contributed by atoms with van der Waals surface area (Å²) in [6, 6.07) is 0. The van der Waals surface area contributed by atoms with Crippen LogP contribution in [0, 0.1) is 28.6 Å². The van der Waals surface area contributed by atoms with Crippen LogP contribution in [0.4, 0.5) is 0 Å². The standard InChI is InChI=1S/C20H28O3/c1-12-10-23-18-13(12)4-6-15-14(18)5-7-16-19(15,2)9-8-17(22)20(16,3)11-21/h5,11,13,15-18,22H,1,4,6-10H2,2-3H3/t13-,15-,16+,17-,18+,19+,20-/m1/s1. The Balaban J connectivity index is 1.74. The molecule has 3 nitrogen and oxygen atoms in total. The van der Waals surface area contributed by atoms with Gasteiger partial charge in [0.15, 0.2) is 0 Å². The zero-order chi connectivity index (χ0) is 16.4. The Morgan fingerprint density at radius 3 is 2.87 bits per heavy atom. The highest BCUT2D eigenvalue weighted by atomic mass is 16.5. The lowest BCUT2D eigenvalue weighted by Gasteiger charge is -2.59. The molecule has 2 saturated carbocycles. The topological polar surface area (TPSA) is 46.5 Å². The molecule has 3 aliphatic carbocycles. The van der Waals surface area contributed by atoms with E-state index in [0.29, 0.717) is 18.4 Å². The summed E-state index contributed by atoms with van der Waals surface area (Å²) >= 11 is 0. The molecule has 0 unspecified atom stereocenters. The van der Waals surface area contributed by atoms with Crippen molar-refractivity contribution in [2.24, 2.45) is 28.6 Å². The van der Waals surface area contributed by atoms with Crippen LogP contribution in [0.1, 0.15) is 46.0 Å². The van der Waals surface area contributed by atoms with Crippen LogP contribution in [0.25, 0.3) is 0 Å². The van der Waals surface area contributed by atoms with E-state index in [0.717, 1.165) is 38.4 Å². The monoisotopic (exact) mass is 316 g/mol. The van der Waals surface area contributed by atoms with Gasteiger partial charge in [-0.3, -0.25) is 0 Å². The molecular formula is C20H28O3. The van der Waals surface area contributed by atoms with E-state index in [2.05, 4.69) is 19.6 Å². The smallest absolute Gasteiger partial charge is 0.128 e. The molecule has 1 N–H and O–H groups in total. The fraction of sp³-hybridized carbons (Fsp3) is 0.750. The number of hydrogen-bond donors (Lipinski definition) is 1. The molecule has 4 aliphatic rings. The number of ether oxygens (including phenoxy) is 1. The van der Waals surface area contributed by atoms with Gasteiger partial charge in [0.2, 0.25) is 0 Å². The van der Waals surface area contributed by atoms with E-state index in [9.17, 15) is 9.90 Å². The van der Waals surface area contributed by atoms with Gasteiger partial charge in [-0.2, -0.15) is 0 Å². The number of carbonyl (C=O) groups is 1. The average molecular weight is 316 g/mol. The Bertz CT molecular complexity index is 579. The second-order valence-corrected chi connectivity index (χ2v) is 8.66. The van der Waals surface area contributed by atoms with Crippen LogP contribution in [-0.2, 0) is 9.53 Å². The molecule has 0 spiro atoms. The molecule has 0 bridgehead atoms. The van der Waals surface area contributed by atoms with Crippen molar-refractivity contribution in [3.8, 4) is 0 Å². The normalized spacial score (nSPS) is 52.2. The zero-order valence-corrected chi connectivity index (χ0v) is 14.3. The Kier molecular flexibility index (Phi) is 3.41. The molecule has 1 aliphatic heterocycles. The zero-order valence-electron chi connectivity index (χ0n) is 14.3. The summed E-state index contributed by atoms with van der Waals surface area (Å²) in [5.74, 6) is 1.20. The van der Waals surface area contributed by atoms with Gasteiger partial charge in [-0.15, -0.1) is 0 Å². The first kappa shape index (κ1) is 15.6. The van der Waals surface area contributed by atoms with Crippen LogP contribution in [0.2, 0.25) is 0 Å². The van der Waals surface area contributed by atoms with Gasteiger partial charge in [-0.05, 0) is 60.5 Å². The van der Waals surface area contributed by atoms with Gasteiger partial charge >= 0.3 is 0 Å². The molecule has 0 amide bonds. The van der Waals surface area contributed by atoms with Gasteiger partial charge in [0.05, 0.1) is 24.2 Å². The van der Waals surface area contributed by atoms with Crippen molar-refractivity contribution in [3.05, 3.63) is 23.8 Å². The number of aldehydes is 1. The third-order valence-electron chi connectivity index (χ3n) is 7.70. The van der Waals surface area contributed by atoms with Crippen molar-refractivity contribution in [3.63, 3.8) is 0 Å². The molecule has 1 heterocycles. The minimum Gasteiger partial charge on any atom is -0.392 e. The predicted octanol–water partition coefficient (Wildman–Crippen LogP) is 3.28. The largest absolute Gasteiger partial charge is 0.392 e. The summed E-state index contributed by atoms with van der Waals surface area (Å²) in [6.45, 7) is 9.21. The third kappa shape index (κ3) is 1.93. The van der Waals surface area contributed by atoms with Crippen molar-refractivity contribution in [1.82, 2.24) is 0 Å². The Morgan fingerprint density at radius 1 is 1.35 bits per heavy atom. The maximum absolute atomic E-state index is 11.9. The maximum Gasteiger partial charge on any atom is 0.128 e. The molecule has 126 valence electrons. The number of carbonyl (C=O) groups excluding carboxylic acids is 1. The van der Waals surface area contributed by atoms with Crippen LogP contribution in [0.5, 0.6) is 0 Å². The molecule has 4 rings (SSSR count). The highest BCUT2D eigenvalue weighted by molar-refractivity contribution is 5.61. The summed E-state index contributed by atoms with van der Waals surface area (Å²) in [4.78, 5) is 11.9. The number of fused-ring (bicyclic) bond motifs is 5. The van der Waals surface area contributed by atoms with Crippen molar-refractivity contribution in [1.29, 1.82) is 0 Å². The highest BCUT2D eigenvalue weighted by Gasteiger charge is 2.59. The fourth-order valence-electron chi connectivity index (χ4n) is 6.23. The van der Waals surface area contributed by atoms with Gasteiger partial charge in [-0.1, -0.05) is 26.5 Å². The van der Waals surface area contributed by atoms with Crippen LogP contribution >= 0.6 is 0 Å². The van der Waals surface area contributed by atoms with Crippen molar-refractivity contribution in [2.45, 2.75) is 58.2 Å². The van der Waals surface area contributed by atoms with Crippen molar-refractivity contribution >= 4 is 6.29 Å². The number of rotatable bonds is 1. The van der Waals surface area contributed by atoms with E-state index < -0.39 is 11.5 Å². The first-order valence-electron chi connectivity index (χ1n) is 9.05. The van der Waals surface area contributed by atoms with E-state index in [1.165, 1.54) is 11.1 Å². The average Bonchev–Trinajstić information content (AvgIpc) is 2.93. The maximum atomic E-state index is 11.9. The second-order valence-electron chi connectivity index (χ2n) is 8.66. The van der Waals surface area contributed by atoms with Gasteiger partial charge in [0.1, 0.15) is 6.29 Å². The number of allylic oxidation sites excluding steroid dienone is 1. The van der Waals surface area contributed by atoms with Gasteiger partial charge < -0.3 is 14.6 Å². The first-order valence-corrected chi connectivity index (χ1v) is 9.05. The van der Waals surface area contributed by atoms with E-state index in [-0.39, 0.29) is 17.4 Å². The summed E-state index contributed by atoms with van der Waals surface area (Å²) in [6.07, 6.45) is 8.00. The number of hydrogen-bond acceptors (Lipinski definition) is 3. The van der Waals surface area contributed by atoms with Gasteiger partial charge in [0, 0.05) is 5.92 Å². The van der Waals surface area contributed by atoms with Gasteiger partial charge in [-0.25, -0.2) is 0 Å². The molecule has 0 radical (unpaired) electrons. The molecule has 1 saturated heterocycles. The summed E-state index contributed by atoms with van der Waals surface area (Å²) < 4.78 is 6.08. The van der Waals surface area contributed by atoms with E-state index >= 15 is 0 Å². The predicted molar refractivity (Wildman–Crippen MR) is 88.8 cm³/mol. The van der Waals surface area contributed by atoms with E-state index in [4.69, 9.17) is 4.74 Å². The highest BCUT2D eigenvalue weighted by Crippen LogP contribution is 2.63. The summed E-state index contributed by atoms with van der Waals surface area (Å²) in [7, 11) is 0. The SMILES string of the molecule is C=C1CO[C@@H]2C3=CC[C@@H]4[C@@](C)(C=O)[C@H](O)CC[C@@]4(C)[C@@H]3CC[C@H]12. The molecule has 3 fully saturated rings. The minimum atomic E-state index is -0.619. The summed E-state index contributed by atoms with van der Waals surface area (Å²) in [5.41, 5.74) is 2.19. The summed E-state index contributed by atoms with van der Waals surface area (Å²) in [5, 5.41) is 10.5. The quantitative estimate of drug-likeness (QED) is 0.596. The lowest BCUT2D eigenvalue weighted by molar-refractivity contribution is -0.151. The molecule has 23 heavy (non-hydrogen) atoms. The van der Waals surface area contributed by atoms with E-state index in [1.807, 2.05) is 6.92 Å². The van der Waals surface area contributed by atoms with Crippen molar-refractivity contribution in [2.75, 3.05) is 6.61 Å². The lowest BCUT2D eigenvalue weighted by Crippen LogP contribution is -2.57. The Hall–Kier alpha value is -0.930. The van der Waals surface area contributed by atoms with Crippen LogP contribution < -0.4 is 0 Å². The third-order valence-corrected chi connectivity index (χ3v) is 7.70. The molecule has 0 aromatic rings. The minimum absolute atomic E-state index is 0.0945. The Labute approximate surface area is 138 Å². The molecule has 7 atom stereocenters. The van der Waals surface area contributed by atoms with Crippen molar-refractivity contribution < 1.29 is 14.6 Å². The molecular weight excluding hydrogens is 288 g/mol. The first-order chi connectivity index (χ1) is 10.9. The van der Waals surface area contributed by atoms with Crippen LogP contribution in [-0.4, -0.2) is 30.2 Å². The number of aliphatic hydroxyl groups is 1. The fourth-order valence-corrected chi connectivity index (χ4v) is 6.23. The number of aliphatic hydroxyl groups excluding tert-OH is 1. The second kappa shape index (κ2) is 5.03. The molecule has 0 aromatic carbocycles.